The summed E-state index contributed by atoms with van der Waals surface area (Å²) in [7, 11) is 5.69. The van der Waals surface area contributed by atoms with Crippen LogP contribution in [-0.4, -0.2) is 104 Å². The van der Waals surface area contributed by atoms with E-state index in [2.05, 4.69) is 15.4 Å². The fourth-order valence-corrected chi connectivity index (χ4v) is 3.31. The molecule has 0 spiro atoms. The molecule has 0 bridgehead atoms. The normalized spacial score (nSPS) is 23.9. The number of halogens is 3. The van der Waals surface area contributed by atoms with Gasteiger partial charge in [-0.05, 0) is 45.4 Å². The maximum atomic E-state index is 12.2. The summed E-state index contributed by atoms with van der Waals surface area (Å²) in [5.41, 5.74) is 0.271. The molecule has 2 rings (SSSR count). The lowest BCUT2D eigenvalue weighted by molar-refractivity contribution is -0.274. The number of nitrogens with one attached hydrogen (secondary N) is 2. The Bertz CT molecular complexity index is 705. The van der Waals surface area contributed by atoms with Crippen molar-refractivity contribution in [1.82, 2.24) is 15.1 Å². The lowest BCUT2D eigenvalue weighted by Gasteiger charge is -2.31. The first-order chi connectivity index (χ1) is 14.5. The fraction of sp³-hybridized carbons (Fsp3) is 0.632. The van der Waals surface area contributed by atoms with Crippen molar-refractivity contribution in [1.29, 1.82) is 0 Å². The van der Waals surface area contributed by atoms with Gasteiger partial charge in [0.15, 0.2) is 0 Å². The van der Waals surface area contributed by atoms with Crippen molar-refractivity contribution in [3.63, 3.8) is 0 Å². The topological polar surface area (TPSA) is 107 Å². The van der Waals surface area contributed by atoms with Crippen molar-refractivity contribution in [2.45, 2.75) is 30.7 Å². The van der Waals surface area contributed by atoms with Gasteiger partial charge >= 0.3 is 12.4 Å². The quantitative estimate of drug-likeness (QED) is 0.439. The van der Waals surface area contributed by atoms with Gasteiger partial charge in [-0.3, -0.25) is 4.90 Å². The number of nitrogens with zero attached hydrogens (tertiary/aromatic N) is 2. The molecule has 1 heterocycles. The van der Waals surface area contributed by atoms with Crippen molar-refractivity contribution < 1.29 is 37.7 Å². The summed E-state index contributed by atoms with van der Waals surface area (Å²) in [6.07, 6.45) is -7.04. The molecule has 1 aromatic rings. The van der Waals surface area contributed by atoms with Crippen molar-refractivity contribution in [3.05, 3.63) is 24.3 Å². The van der Waals surface area contributed by atoms with Crippen LogP contribution in [0.15, 0.2) is 24.3 Å². The predicted octanol–water partition coefficient (Wildman–Crippen LogP) is 0.689. The molecule has 1 aliphatic rings. The monoisotopic (exact) mass is 450 g/mol. The van der Waals surface area contributed by atoms with Crippen LogP contribution in [0.5, 0.6) is 5.75 Å². The van der Waals surface area contributed by atoms with Crippen molar-refractivity contribution in [2.75, 3.05) is 52.7 Å². The zero-order chi connectivity index (χ0) is 23.2. The zero-order valence-corrected chi connectivity index (χ0v) is 17.6. The Kier molecular flexibility index (Phi) is 8.89. The van der Waals surface area contributed by atoms with E-state index in [1.807, 2.05) is 30.9 Å². The summed E-state index contributed by atoms with van der Waals surface area (Å²) in [5, 5.41) is 25.1. The number of ether oxygens (including phenoxy) is 2. The third-order valence-electron chi connectivity index (χ3n) is 4.86. The van der Waals surface area contributed by atoms with Gasteiger partial charge in [-0.2, -0.15) is 0 Å². The van der Waals surface area contributed by atoms with Crippen molar-refractivity contribution >= 4 is 11.7 Å². The number of benzene rings is 1. The van der Waals surface area contributed by atoms with E-state index in [-0.39, 0.29) is 18.8 Å². The summed E-state index contributed by atoms with van der Waals surface area (Å²) in [4.78, 5) is 16.1. The van der Waals surface area contributed by atoms with Crippen molar-refractivity contribution in [2.24, 2.45) is 0 Å². The number of amides is 2. The first kappa shape index (κ1) is 25.1. The Balaban J connectivity index is 1.91. The summed E-state index contributed by atoms with van der Waals surface area (Å²) < 4.78 is 46.1. The van der Waals surface area contributed by atoms with Gasteiger partial charge in [0.2, 0.25) is 0 Å². The molecule has 1 aliphatic heterocycles. The second-order valence-electron chi connectivity index (χ2n) is 7.57. The van der Waals surface area contributed by atoms with Gasteiger partial charge in [-0.15, -0.1) is 13.2 Å². The molecule has 1 saturated heterocycles. The Morgan fingerprint density at radius 3 is 2.35 bits per heavy atom. The summed E-state index contributed by atoms with van der Waals surface area (Å²) >= 11 is 0. The molecule has 0 aromatic heterocycles. The Hall–Kier alpha value is -2.12. The van der Waals surface area contributed by atoms with Crippen LogP contribution in [0.25, 0.3) is 0 Å². The van der Waals surface area contributed by atoms with Crippen LogP contribution in [0.1, 0.15) is 0 Å². The first-order valence-corrected chi connectivity index (χ1v) is 9.70. The molecule has 9 nitrogen and oxygen atoms in total. The van der Waals surface area contributed by atoms with Gasteiger partial charge in [-0.1, -0.05) is 0 Å². The maximum absolute atomic E-state index is 12.2. The molecule has 1 aromatic carbocycles. The fourth-order valence-electron chi connectivity index (χ4n) is 3.31. The van der Waals surface area contributed by atoms with Crippen LogP contribution in [0.3, 0.4) is 0 Å². The number of hydrogen-bond donors (Lipinski definition) is 4. The minimum atomic E-state index is -4.79. The molecule has 176 valence electrons. The zero-order valence-electron chi connectivity index (χ0n) is 17.6. The number of anilines is 1. The number of carbonyl (C=O) groups excluding carboxylic acids is 1. The average Bonchev–Trinajstić information content (AvgIpc) is 3.00. The van der Waals surface area contributed by atoms with Crippen LogP contribution < -0.4 is 15.4 Å². The number of hydrogen-bond acceptors (Lipinski definition) is 7. The largest absolute Gasteiger partial charge is 0.573 e. The van der Waals surface area contributed by atoms with E-state index < -0.39 is 42.5 Å². The van der Waals surface area contributed by atoms with Gasteiger partial charge in [0.25, 0.3) is 0 Å². The van der Waals surface area contributed by atoms with Crippen LogP contribution in [-0.2, 0) is 4.74 Å². The number of carbonyl (C=O) groups is 1. The average molecular weight is 450 g/mol. The SMILES string of the molecule is CN(C)CCN(C)[C@H]1[C@H](O)[C@H](CO)O[C@@H]1CNC(=O)Nc1ccc(OC(F)(F)F)cc1. The highest BCUT2D eigenvalue weighted by Crippen LogP contribution is 2.25. The maximum Gasteiger partial charge on any atom is 0.573 e. The number of rotatable bonds is 9. The van der Waals surface area contributed by atoms with E-state index in [9.17, 15) is 28.2 Å². The standard InChI is InChI=1S/C19H29F3N4O5/c1-25(2)8-9-26(3)16-14(30-15(11-27)17(16)28)10-23-18(29)24-12-4-6-13(7-5-12)31-19(20,21)22/h4-7,14-17,27-28H,8-11H2,1-3H3,(H2,23,24,29)/t14-,15+,16-,17-/m1/s1. The molecule has 4 N–H and O–H groups in total. The minimum absolute atomic E-state index is 0.0611. The van der Waals surface area contributed by atoms with Crippen molar-refractivity contribution in [3.8, 4) is 5.75 Å². The van der Waals surface area contributed by atoms with Gasteiger partial charge < -0.3 is 35.2 Å². The predicted molar refractivity (Wildman–Crippen MR) is 107 cm³/mol. The summed E-state index contributed by atoms with van der Waals surface area (Å²) in [6, 6.07) is 3.69. The van der Waals surface area contributed by atoms with E-state index in [1.54, 1.807) is 0 Å². The highest BCUT2D eigenvalue weighted by molar-refractivity contribution is 5.89. The number of aliphatic hydroxyl groups excluding tert-OH is 2. The second-order valence-corrected chi connectivity index (χ2v) is 7.57. The van der Waals surface area contributed by atoms with E-state index in [0.717, 1.165) is 18.7 Å². The molecule has 0 radical (unpaired) electrons. The molecule has 0 saturated carbocycles. The number of urea groups is 1. The molecule has 4 atom stereocenters. The third-order valence-corrected chi connectivity index (χ3v) is 4.86. The molecule has 0 unspecified atom stereocenters. The number of alkyl halides is 3. The van der Waals surface area contributed by atoms with Gasteiger partial charge in [0.05, 0.1) is 18.8 Å². The Morgan fingerprint density at radius 1 is 1.16 bits per heavy atom. The summed E-state index contributed by atoms with van der Waals surface area (Å²) in [6.45, 7) is 1.10. The molecular weight excluding hydrogens is 421 g/mol. The highest BCUT2D eigenvalue weighted by Gasteiger charge is 2.45. The highest BCUT2D eigenvalue weighted by atomic mass is 19.4. The number of aliphatic hydroxyl groups is 2. The molecule has 1 fully saturated rings. The molecule has 2 amide bonds. The van der Waals surface area contributed by atoms with Gasteiger partial charge in [-0.25, -0.2) is 4.79 Å². The summed E-state index contributed by atoms with van der Waals surface area (Å²) in [5.74, 6) is -0.398. The van der Waals surface area contributed by atoms with Crippen LogP contribution in [0.4, 0.5) is 23.7 Å². The smallest absolute Gasteiger partial charge is 0.406 e. The Morgan fingerprint density at radius 2 is 1.81 bits per heavy atom. The Labute approximate surface area is 178 Å². The lowest BCUT2D eigenvalue weighted by Crippen LogP contribution is -2.51. The molecular formula is C19H29F3N4O5. The van der Waals surface area contributed by atoms with Crippen LogP contribution in [0, 0.1) is 0 Å². The van der Waals surface area contributed by atoms with E-state index in [1.165, 1.54) is 12.1 Å². The molecule has 12 heteroatoms. The van der Waals surface area contributed by atoms with E-state index in [4.69, 9.17) is 4.74 Å². The lowest BCUT2D eigenvalue weighted by atomic mass is 10.0. The first-order valence-electron chi connectivity index (χ1n) is 9.70. The van der Waals surface area contributed by atoms with Crippen LogP contribution >= 0.6 is 0 Å². The van der Waals surface area contributed by atoms with E-state index >= 15 is 0 Å². The third kappa shape index (κ3) is 7.82. The van der Waals surface area contributed by atoms with E-state index in [0.29, 0.717) is 6.54 Å². The molecule has 31 heavy (non-hydrogen) atoms. The van der Waals surface area contributed by atoms with Gasteiger partial charge in [0, 0.05) is 25.3 Å². The second kappa shape index (κ2) is 11.0. The van der Waals surface area contributed by atoms with Gasteiger partial charge in [0.1, 0.15) is 18.0 Å². The number of likely N-dealkylation sites (N-methyl/N-ethyl adjacent to an activating group) is 2. The molecule has 0 aliphatic carbocycles. The minimum Gasteiger partial charge on any atom is -0.406 e. The van der Waals surface area contributed by atoms with Crippen LogP contribution in [0.2, 0.25) is 0 Å².